The zero-order valence-corrected chi connectivity index (χ0v) is 15.3. The largest absolute Gasteiger partial charge is 0.354 e. The lowest BCUT2D eigenvalue weighted by Gasteiger charge is -2.18. The highest BCUT2D eigenvalue weighted by atomic mass is 127. The first kappa shape index (κ1) is 18.9. The summed E-state index contributed by atoms with van der Waals surface area (Å²) in [5, 5.41) is 6.49. The van der Waals surface area contributed by atoms with E-state index < -0.39 is 9.84 Å². The van der Waals surface area contributed by atoms with Gasteiger partial charge in [-0.1, -0.05) is 0 Å². The van der Waals surface area contributed by atoms with Crippen LogP contribution in [-0.4, -0.2) is 44.5 Å². The van der Waals surface area contributed by atoms with Gasteiger partial charge in [0.25, 0.3) is 0 Å². The fourth-order valence-corrected chi connectivity index (χ4v) is 3.77. The van der Waals surface area contributed by atoms with Crippen LogP contribution in [0, 0.1) is 5.92 Å². The molecule has 0 aliphatic carbocycles. The monoisotopic (exact) mass is 403 g/mol. The average Bonchev–Trinajstić information content (AvgIpc) is 2.53. The number of hydrogen-bond donors (Lipinski definition) is 2. The highest BCUT2D eigenvalue weighted by molar-refractivity contribution is 14.0. The van der Waals surface area contributed by atoms with Crippen LogP contribution in [0.15, 0.2) is 4.99 Å². The van der Waals surface area contributed by atoms with Gasteiger partial charge >= 0.3 is 0 Å². The van der Waals surface area contributed by atoms with Crippen LogP contribution in [0.3, 0.4) is 0 Å². The Labute approximate surface area is 134 Å². The van der Waals surface area contributed by atoms with Crippen molar-refractivity contribution in [3.8, 4) is 0 Å². The molecule has 1 heterocycles. The zero-order valence-electron chi connectivity index (χ0n) is 12.1. The molecule has 5 nitrogen and oxygen atoms in total. The van der Waals surface area contributed by atoms with Gasteiger partial charge in [0.05, 0.1) is 11.5 Å². The molecule has 1 saturated heterocycles. The molecule has 2 N–H and O–H groups in total. The summed E-state index contributed by atoms with van der Waals surface area (Å²) in [4.78, 5) is 4.48. The van der Waals surface area contributed by atoms with Gasteiger partial charge in [0.15, 0.2) is 15.8 Å². The topological polar surface area (TPSA) is 70.6 Å². The van der Waals surface area contributed by atoms with Gasteiger partial charge in [0.1, 0.15) is 0 Å². The Morgan fingerprint density at radius 2 is 1.74 bits per heavy atom. The van der Waals surface area contributed by atoms with Gasteiger partial charge in [-0.05, 0) is 40.0 Å². The fourth-order valence-electron chi connectivity index (χ4n) is 1.92. The van der Waals surface area contributed by atoms with Crippen molar-refractivity contribution in [3.05, 3.63) is 0 Å². The standard InChI is InChI=1S/C12H25N3O2S.HI/c1-9(2)14-12(15-10(3)4)13-7-11-5-6-18(16,17)8-11;/h9-11H,5-8H2,1-4H3,(H2,13,14,15);1H. The highest BCUT2D eigenvalue weighted by Gasteiger charge is 2.27. The molecule has 1 unspecified atom stereocenters. The molecule has 114 valence electrons. The lowest BCUT2D eigenvalue weighted by molar-refractivity contribution is 0.585. The molecule has 1 atom stereocenters. The first-order valence-electron chi connectivity index (χ1n) is 6.56. The fraction of sp³-hybridized carbons (Fsp3) is 0.917. The predicted molar refractivity (Wildman–Crippen MR) is 91.0 cm³/mol. The Hall–Kier alpha value is -0.0500. The Morgan fingerprint density at radius 3 is 2.11 bits per heavy atom. The van der Waals surface area contributed by atoms with Gasteiger partial charge in [-0.15, -0.1) is 24.0 Å². The molecule has 0 saturated carbocycles. The molecule has 0 spiro atoms. The molecule has 7 heteroatoms. The third-order valence-electron chi connectivity index (χ3n) is 2.69. The molecule has 1 rings (SSSR count). The summed E-state index contributed by atoms with van der Waals surface area (Å²) in [6, 6.07) is 0.615. The van der Waals surface area contributed by atoms with Gasteiger partial charge in [-0.25, -0.2) is 8.42 Å². The summed E-state index contributed by atoms with van der Waals surface area (Å²) in [7, 11) is -2.80. The Balaban J connectivity index is 0.00000324. The number of hydrogen-bond acceptors (Lipinski definition) is 3. The molecule has 1 aliphatic heterocycles. The maximum absolute atomic E-state index is 11.4. The second kappa shape index (κ2) is 8.28. The number of sulfone groups is 1. The van der Waals surface area contributed by atoms with Crippen LogP contribution < -0.4 is 10.6 Å². The third kappa shape index (κ3) is 7.96. The second-order valence-electron chi connectivity index (χ2n) is 5.56. The summed E-state index contributed by atoms with van der Waals surface area (Å²) in [5.41, 5.74) is 0. The minimum atomic E-state index is -2.80. The average molecular weight is 403 g/mol. The van der Waals surface area contributed by atoms with Crippen molar-refractivity contribution in [1.82, 2.24) is 10.6 Å². The smallest absolute Gasteiger partial charge is 0.191 e. The zero-order chi connectivity index (χ0) is 13.8. The van der Waals surface area contributed by atoms with Crippen LogP contribution in [-0.2, 0) is 9.84 Å². The van der Waals surface area contributed by atoms with Crippen molar-refractivity contribution >= 4 is 39.8 Å². The number of nitrogens with one attached hydrogen (secondary N) is 2. The first-order chi connectivity index (χ1) is 8.28. The molecule has 1 fully saturated rings. The van der Waals surface area contributed by atoms with Crippen molar-refractivity contribution in [3.63, 3.8) is 0 Å². The lowest BCUT2D eigenvalue weighted by atomic mass is 10.1. The van der Waals surface area contributed by atoms with E-state index in [1.165, 1.54) is 0 Å². The summed E-state index contributed by atoms with van der Waals surface area (Å²) in [5.74, 6) is 1.54. The summed E-state index contributed by atoms with van der Waals surface area (Å²) in [6.07, 6.45) is 0.739. The molecule has 0 aromatic carbocycles. The maximum atomic E-state index is 11.4. The van der Waals surface area contributed by atoms with E-state index in [0.29, 0.717) is 24.4 Å². The Morgan fingerprint density at radius 1 is 1.21 bits per heavy atom. The van der Waals surface area contributed by atoms with Crippen molar-refractivity contribution in [2.75, 3.05) is 18.1 Å². The van der Waals surface area contributed by atoms with Crippen molar-refractivity contribution in [2.24, 2.45) is 10.9 Å². The highest BCUT2D eigenvalue weighted by Crippen LogP contribution is 2.18. The summed E-state index contributed by atoms with van der Waals surface area (Å²) in [6.45, 7) is 8.79. The van der Waals surface area contributed by atoms with Gasteiger partial charge in [-0.2, -0.15) is 0 Å². The van der Waals surface area contributed by atoms with Crippen molar-refractivity contribution in [2.45, 2.75) is 46.2 Å². The van der Waals surface area contributed by atoms with Crippen LogP contribution in [0.2, 0.25) is 0 Å². The molecule has 0 amide bonds. The first-order valence-corrected chi connectivity index (χ1v) is 8.38. The van der Waals surface area contributed by atoms with Crippen LogP contribution in [0.5, 0.6) is 0 Å². The minimum Gasteiger partial charge on any atom is -0.354 e. The third-order valence-corrected chi connectivity index (χ3v) is 4.52. The van der Waals surface area contributed by atoms with E-state index >= 15 is 0 Å². The summed E-state index contributed by atoms with van der Waals surface area (Å²) >= 11 is 0. The van der Waals surface area contributed by atoms with Gasteiger partial charge in [0.2, 0.25) is 0 Å². The Kier molecular flexibility index (Phi) is 8.26. The summed E-state index contributed by atoms with van der Waals surface area (Å²) < 4.78 is 22.7. The molecule has 0 radical (unpaired) electrons. The SMILES string of the molecule is CC(C)NC(=NCC1CCS(=O)(=O)C1)NC(C)C.I. The molecule has 0 aromatic rings. The van der Waals surface area contributed by atoms with Crippen molar-refractivity contribution < 1.29 is 8.42 Å². The number of rotatable bonds is 4. The minimum absolute atomic E-state index is 0. The molecule has 0 bridgehead atoms. The van der Waals surface area contributed by atoms with E-state index in [1.54, 1.807) is 0 Å². The Bertz CT molecular complexity index is 382. The van der Waals surface area contributed by atoms with Crippen LogP contribution in [0.25, 0.3) is 0 Å². The van der Waals surface area contributed by atoms with E-state index in [9.17, 15) is 8.42 Å². The number of aliphatic imine (C=N–C) groups is 1. The van der Waals surface area contributed by atoms with E-state index in [1.807, 2.05) is 0 Å². The van der Waals surface area contributed by atoms with E-state index in [4.69, 9.17) is 0 Å². The van der Waals surface area contributed by atoms with E-state index in [2.05, 4.69) is 43.3 Å². The quantitative estimate of drug-likeness (QED) is 0.423. The van der Waals surface area contributed by atoms with Gasteiger partial charge in [-0.3, -0.25) is 4.99 Å². The molecule has 0 aromatic heterocycles. The predicted octanol–water partition coefficient (Wildman–Crippen LogP) is 1.39. The lowest BCUT2D eigenvalue weighted by Crippen LogP contribution is -2.44. The number of nitrogens with zero attached hydrogens (tertiary/aromatic N) is 1. The van der Waals surface area contributed by atoms with E-state index in [0.717, 1.165) is 12.4 Å². The van der Waals surface area contributed by atoms with Crippen molar-refractivity contribution in [1.29, 1.82) is 0 Å². The second-order valence-corrected chi connectivity index (χ2v) is 7.79. The molecular formula is C12H26IN3O2S. The van der Waals surface area contributed by atoms with Crippen LogP contribution in [0.1, 0.15) is 34.1 Å². The normalized spacial score (nSPS) is 21.1. The maximum Gasteiger partial charge on any atom is 0.191 e. The van der Waals surface area contributed by atoms with Crippen LogP contribution >= 0.6 is 24.0 Å². The molecule has 19 heavy (non-hydrogen) atoms. The van der Waals surface area contributed by atoms with Gasteiger partial charge < -0.3 is 10.6 Å². The molecular weight excluding hydrogens is 377 g/mol. The van der Waals surface area contributed by atoms with Crippen LogP contribution in [0.4, 0.5) is 0 Å². The number of halogens is 1. The van der Waals surface area contributed by atoms with E-state index in [-0.39, 0.29) is 35.6 Å². The number of guanidine groups is 1. The molecule has 1 aliphatic rings. The van der Waals surface area contributed by atoms with Gasteiger partial charge in [0, 0.05) is 18.6 Å².